The van der Waals surface area contributed by atoms with E-state index >= 15 is 0 Å². The number of ether oxygens (including phenoxy) is 2. The molecule has 6 nitrogen and oxygen atoms in total. The molecule has 1 amide bonds. The van der Waals surface area contributed by atoms with E-state index in [4.69, 9.17) is 9.47 Å². The van der Waals surface area contributed by atoms with Crippen LogP contribution >= 0.6 is 0 Å². The molecular weight excluding hydrogens is 212 g/mol. The van der Waals surface area contributed by atoms with Crippen molar-refractivity contribution in [1.82, 2.24) is 10.6 Å². The highest BCUT2D eigenvalue weighted by Crippen LogP contribution is 1.84. The second-order valence-corrected chi connectivity index (χ2v) is 3.23. The minimum Gasteiger partial charge on any atom is -0.389 e. The molecule has 0 saturated heterocycles. The number of aliphatic hydroxyl groups excluding tert-OH is 1. The van der Waals surface area contributed by atoms with Crippen LogP contribution in [0, 0.1) is 0 Å². The predicted octanol–water partition coefficient (Wildman–Crippen LogP) is -1.26. The third kappa shape index (κ3) is 9.85. The van der Waals surface area contributed by atoms with Gasteiger partial charge in [0.2, 0.25) is 5.91 Å². The maximum absolute atomic E-state index is 10.8. The van der Waals surface area contributed by atoms with Gasteiger partial charge in [0, 0.05) is 20.2 Å². The van der Waals surface area contributed by atoms with Crippen LogP contribution in [0.4, 0.5) is 0 Å². The fourth-order valence-corrected chi connectivity index (χ4v) is 0.981. The van der Waals surface area contributed by atoms with Gasteiger partial charge in [0.1, 0.15) is 0 Å². The smallest absolute Gasteiger partial charge is 0.233 e. The second kappa shape index (κ2) is 10.8. The van der Waals surface area contributed by atoms with Crippen molar-refractivity contribution in [3.63, 3.8) is 0 Å². The lowest BCUT2D eigenvalue weighted by molar-refractivity contribution is -0.119. The van der Waals surface area contributed by atoms with Crippen molar-refractivity contribution >= 4 is 5.91 Å². The van der Waals surface area contributed by atoms with Gasteiger partial charge in [-0.15, -0.1) is 0 Å². The molecule has 0 fully saturated rings. The highest BCUT2D eigenvalue weighted by atomic mass is 16.5. The summed E-state index contributed by atoms with van der Waals surface area (Å²) >= 11 is 0. The molecule has 1 atom stereocenters. The van der Waals surface area contributed by atoms with Crippen LogP contribution in [0.15, 0.2) is 0 Å². The molecule has 1 unspecified atom stereocenters. The van der Waals surface area contributed by atoms with Crippen molar-refractivity contribution in [2.24, 2.45) is 0 Å². The summed E-state index contributed by atoms with van der Waals surface area (Å²) in [6.45, 7) is 4.37. The molecule has 3 N–H and O–H groups in total. The van der Waals surface area contributed by atoms with Crippen molar-refractivity contribution in [2.45, 2.75) is 13.0 Å². The van der Waals surface area contributed by atoms with E-state index in [2.05, 4.69) is 10.6 Å². The minimum absolute atomic E-state index is 0.107. The third-order valence-corrected chi connectivity index (χ3v) is 1.83. The standard InChI is InChI=1S/C10H22N2O4/c1-3-15-4-5-16-8-9(13)6-12-7-10(14)11-2/h9,12-13H,3-8H2,1-2H3,(H,11,14). The quantitative estimate of drug-likeness (QED) is 0.411. The molecule has 0 spiro atoms. The topological polar surface area (TPSA) is 79.8 Å². The molecule has 0 aliphatic carbocycles. The number of carbonyl (C=O) groups excluding carboxylic acids is 1. The molecule has 0 radical (unpaired) electrons. The summed E-state index contributed by atoms with van der Waals surface area (Å²) in [7, 11) is 1.57. The molecule has 0 rings (SSSR count). The van der Waals surface area contributed by atoms with Crippen LogP contribution < -0.4 is 10.6 Å². The first-order valence-electron chi connectivity index (χ1n) is 5.45. The Labute approximate surface area is 96.3 Å². The van der Waals surface area contributed by atoms with E-state index in [-0.39, 0.29) is 19.1 Å². The maximum Gasteiger partial charge on any atom is 0.233 e. The average Bonchev–Trinajstić information content (AvgIpc) is 2.28. The van der Waals surface area contributed by atoms with Crippen LogP contribution in [0.5, 0.6) is 0 Å². The van der Waals surface area contributed by atoms with Crippen molar-refractivity contribution < 1.29 is 19.4 Å². The van der Waals surface area contributed by atoms with Crippen molar-refractivity contribution in [3.05, 3.63) is 0 Å². The third-order valence-electron chi connectivity index (χ3n) is 1.83. The van der Waals surface area contributed by atoms with Crippen molar-refractivity contribution in [1.29, 1.82) is 0 Å². The summed E-state index contributed by atoms with van der Waals surface area (Å²) in [4.78, 5) is 10.8. The molecular formula is C10H22N2O4. The largest absolute Gasteiger partial charge is 0.389 e. The number of aliphatic hydroxyl groups is 1. The number of rotatable bonds is 10. The van der Waals surface area contributed by atoms with Gasteiger partial charge in [-0.05, 0) is 6.92 Å². The van der Waals surface area contributed by atoms with Crippen LogP contribution in [-0.2, 0) is 14.3 Å². The number of carbonyl (C=O) groups is 1. The van der Waals surface area contributed by atoms with Crippen LogP contribution in [-0.4, -0.2) is 63.7 Å². The SMILES string of the molecule is CCOCCOCC(O)CNCC(=O)NC. The summed E-state index contributed by atoms with van der Waals surface area (Å²) in [5.74, 6) is -0.107. The van der Waals surface area contributed by atoms with Crippen LogP contribution in [0.1, 0.15) is 6.92 Å². The zero-order valence-corrected chi connectivity index (χ0v) is 9.99. The first-order valence-corrected chi connectivity index (χ1v) is 5.45. The lowest BCUT2D eigenvalue weighted by Crippen LogP contribution is -2.37. The molecule has 16 heavy (non-hydrogen) atoms. The minimum atomic E-state index is -0.605. The van der Waals surface area contributed by atoms with Gasteiger partial charge in [-0.2, -0.15) is 0 Å². The van der Waals surface area contributed by atoms with Gasteiger partial charge in [0.25, 0.3) is 0 Å². The van der Waals surface area contributed by atoms with E-state index in [0.717, 1.165) is 0 Å². The van der Waals surface area contributed by atoms with E-state index in [1.165, 1.54) is 0 Å². The normalized spacial score (nSPS) is 12.4. The number of hydrogen-bond acceptors (Lipinski definition) is 5. The van der Waals surface area contributed by atoms with Gasteiger partial charge in [-0.1, -0.05) is 0 Å². The van der Waals surface area contributed by atoms with Gasteiger partial charge >= 0.3 is 0 Å². The van der Waals surface area contributed by atoms with Gasteiger partial charge in [-0.25, -0.2) is 0 Å². The van der Waals surface area contributed by atoms with Gasteiger partial charge < -0.3 is 25.2 Å². The molecule has 0 aromatic carbocycles. The molecule has 0 bridgehead atoms. The molecule has 0 aliphatic rings. The summed E-state index contributed by atoms with van der Waals surface area (Å²) in [6.07, 6.45) is -0.605. The van der Waals surface area contributed by atoms with E-state index in [1.54, 1.807) is 7.05 Å². The summed E-state index contributed by atoms with van der Waals surface area (Å²) in [5.41, 5.74) is 0. The fraction of sp³-hybridized carbons (Fsp3) is 0.900. The molecule has 6 heteroatoms. The maximum atomic E-state index is 10.8. The fourth-order valence-electron chi connectivity index (χ4n) is 0.981. The molecule has 0 heterocycles. The molecule has 0 aromatic rings. The zero-order chi connectivity index (χ0) is 12.2. The summed E-state index contributed by atoms with van der Waals surface area (Å²) in [6, 6.07) is 0. The average molecular weight is 234 g/mol. The van der Waals surface area contributed by atoms with E-state index in [1.807, 2.05) is 6.92 Å². The highest BCUT2D eigenvalue weighted by molar-refractivity contribution is 5.77. The Bertz CT molecular complexity index is 178. The lowest BCUT2D eigenvalue weighted by Gasteiger charge is -2.11. The first-order chi connectivity index (χ1) is 7.70. The van der Waals surface area contributed by atoms with E-state index in [9.17, 15) is 9.90 Å². The number of nitrogens with one attached hydrogen (secondary N) is 2. The summed E-state index contributed by atoms with van der Waals surface area (Å²) in [5, 5.41) is 14.7. The van der Waals surface area contributed by atoms with Gasteiger partial charge in [0.05, 0.1) is 32.5 Å². The molecule has 96 valence electrons. The van der Waals surface area contributed by atoms with E-state index < -0.39 is 6.10 Å². The Morgan fingerprint density at radius 1 is 1.38 bits per heavy atom. The van der Waals surface area contributed by atoms with Gasteiger partial charge in [-0.3, -0.25) is 4.79 Å². The number of hydrogen-bond donors (Lipinski definition) is 3. The Morgan fingerprint density at radius 2 is 2.06 bits per heavy atom. The van der Waals surface area contributed by atoms with Crippen molar-refractivity contribution in [2.75, 3.05) is 46.6 Å². The molecule has 0 saturated carbocycles. The lowest BCUT2D eigenvalue weighted by atomic mass is 10.4. The summed E-state index contributed by atoms with van der Waals surface area (Å²) < 4.78 is 10.2. The van der Waals surface area contributed by atoms with Crippen LogP contribution in [0.2, 0.25) is 0 Å². The Morgan fingerprint density at radius 3 is 2.69 bits per heavy atom. The highest BCUT2D eigenvalue weighted by Gasteiger charge is 2.04. The first kappa shape index (κ1) is 15.3. The van der Waals surface area contributed by atoms with E-state index in [0.29, 0.717) is 26.4 Å². The Hall–Kier alpha value is -0.690. The van der Waals surface area contributed by atoms with Gasteiger partial charge in [0.15, 0.2) is 0 Å². The predicted molar refractivity (Wildman–Crippen MR) is 60.3 cm³/mol. The zero-order valence-electron chi connectivity index (χ0n) is 9.99. The Kier molecular flexibility index (Phi) is 10.3. The molecule has 0 aromatic heterocycles. The van der Waals surface area contributed by atoms with Crippen LogP contribution in [0.3, 0.4) is 0 Å². The van der Waals surface area contributed by atoms with Crippen LogP contribution in [0.25, 0.3) is 0 Å². The molecule has 0 aliphatic heterocycles. The second-order valence-electron chi connectivity index (χ2n) is 3.23. The number of amides is 1. The van der Waals surface area contributed by atoms with Crippen molar-refractivity contribution in [3.8, 4) is 0 Å². The monoisotopic (exact) mass is 234 g/mol. The number of likely N-dealkylation sites (N-methyl/N-ethyl adjacent to an activating group) is 1. The Balaban J connectivity index is 3.24.